The van der Waals surface area contributed by atoms with Crippen molar-refractivity contribution < 1.29 is 9.84 Å². The summed E-state index contributed by atoms with van der Waals surface area (Å²) in [5, 5.41) is 11.0. The minimum Gasteiger partial charge on any atom is -0.497 e. The molecule has 1 fully saturated rings. The number of imidazole rings is 1. The summed E-state index contributed by atoms with van der Waals surface area (Å²) in [4.78, 5) is 27.2. The lowest BCUT2D eigenvalue weighted by molar-refractivity contribution is 0.0642. The minimum atomic E-state index is -0.994. The zero-order chi connectivity index (χ0) is 20.3. The lowest BCUT2D eigenvalue weighted by atomic mass is 10.0. The Morgan fingerprint density at radius 2 is 2.07 bits per heavy atom. The maximum Gasteiger partial charge on any atom is 0.260 e. The predicted octanol–water partition coefficient (Wildman–Crippen LogP) is 2.25. The fraction of sp³-hybridized carbons (Fsp3) is 0.476. The van der Waals surface area contributed by atoms with Gasteiger partial charge in [-0.3, -0.25) is 9.78 Å². The first-order chi connectivity index (χ1) is 13.8. The maximum absolute atomic E-state index is 13.0. The highest BCUT2D eigenvalue weighted by Crippen LogP contribution is 2.43. The van der Waals surface area contributed by atoms with Crippen LogP contribution in [0.2, 0.25) is 0 Å². The number of H-pyrrole nitrogens is 1. The van der Waals surface area contributed by atoms with E-state index in [0.29, 0.717) is 48.2 Å². The first-order valence-corrected chi connectivity index (χ1v) is 9.99. The number of benzene rings is 1. The number of methoxy groups -OCH3 is 1. The average Bonchev–Trinajstić information content (AvgIpc) is 3.43. The molecule has 1 aromatic carbocycles. The van der Waals surface area contributed by atoms with Gasteiger partial charge in [-0.15, -0.1) is 0 Å². The molecule has 0 bridgehead atoms. The second kappa shape index (κ2) is 6.32. The molecule has 8 nitrogen and oxygen atoms in total. The van der Waals surface area contributed by atoms with Crippen molar-refractivity contribution in [3.63, 3.8) is 0 Å². The number of fused-ring (bicyclic) bond motifs is 2. The molecule has 3 aromatic rings. The smallest absolute Gasteiger partial charge is 0.260 e. The van der Waals surface area contributed by atoms with Crippen LogP contribution in [0.1, 0.15) is 49.7 Å². The van der Waals surface area contributed by atoms with Gasteiger partial charge in [0, 0.05) is 19.2 Å². The molecule has 5 rings (SSSR count). The molecule has 0 saturated heterocycles. The number of hydrogen-bond donors (Lipinski definition) is 2. The molecule has 8 heteroatoms. The van der Waals surface area contributed by atoms with Crippen molar-refractivity contribution in [2.24, 2.45) is 0 Å². The Morgan fingerprint density at radius 3 is 2.76 bits per heavy atom. The highest BCUT2D eigenvalue weighted by molar-refractivity contribution is 5.85. The monoisotopic (exact) mass is 395 g/mol. The second-order valence-electron chi connectivity index (χ2n) is 8.48. The molecule has 2 N–H and O–H groups in total. The molecule has 152 valence electrons. The van der Waals surface area contributed by atoms with Crippen molar-refractivity contribution >= 4 is 16.9 Å². The first-order valence-electron chi connectivity index (χ1n) is 9.99. The molecule has 2 aromatic heterocycles. The number of nitrogens with one attached hydrogen (secondary N) is 1. The highest BCUT2D eigenvalue weighted by atomic mass is 16.5. The number of aromatic amines is 1. The lowest BCUT2D eigenvalue weighted by Crippen LogP contribution is -2.37. The van der Waals surface area contributed by atoms with Crippen molar-refractivity contribution in [3.8, 4) is 5.75 Å². The Kier molecular flexibility index (Phi) is 3.96. The summed E-state index contributed by atoms with van der Waals surface area (Å²) < 4.78 is 7.49. The SMILES string of the molecule is COc1cc(C2CC2)c2c(=O)[nH]c(N3CCn4c(cnc4C(C)(C)O)C3)nc2c1. The topological polar surface area (TPSA) is 96.3 Å². The summed E-state index contributed by atoms with van der Waals surface area (Å²) in [6, 6.07) is 3.80. The molecule has 1 saturated carbocycles. The standard InChI is InChI=1S/C21H25N5O3/c1-21(2,28)19-22-10-13-11-25(6-7-26(13)19)20-23-16-9-14(29-3)8-15(12-4-5-12)17(16)18(27)24-20/h8-10,12,28H,4-7,11H2,1-3H3,(H,23,24,27). The number of aromatic nitrogens is 4. The van der Waals surface area contributed by atoms with Crippen molar-refractivity contribution in [1.82, 2.24) is 19.5 Å². The van der Waals surface area contributed by atoms with Crippen molar-refractivity contribution in [3.05, 3.63) is 45.8 Å². The van der Waals surface area contributed by atoms with Gasteiger partial charge < -0.3 is 19.3 Å². The van der Waals surface area contributed by atoms with E-state index < -0.39 is 5.60 Å². The van der Waals surface area contributed by atoms with Crippen LogP contribution < -0.4 is 15.2 Å². The van der Waals surface area contributed by atoms with E-state index in [9.17, 15) is 9.90 Å². The molecule has 2 aliphatic rings. The van der Waals surface area contributed by atoms with Crippen LogP contribution in [0.15, 0.2) is 23.1 Å². The molecule has 0 spiro atoms. The average molecular weight is 395 g/mol. The number of anilines is 1. The Labute approximate surface area is 168 Å². The summed E-state index contributed by atoms with van der Waals surface area (Å²) in [6.45, 7) is 5.38. The van der Waals surface area contributed by atoms with E-state index in [2.05, 4.69) is 9.97 Å². The van der Waals surface area contributed by atoms with E-state index in [4.69, 9.17) is 9.72 Å². The normalized spacial score (nSPS) is 16.9. The molecular weight excluding hydrogens is 370 g/mol. The number of ether oxygens (including phenoxy) is 1. The van der Waals surface area contributed by atoms with Gasteiger partial charge in [-0.05, 0) is 44.2 Å². The van der Waals surface area contributed by atoms with Gasteiger partial charge in [0.2, 0.25) is 5.95 Å². The first kappa shape index (κ1) is 18.2. The van der Waals surface area contributed by atoms with Crippen LogP contribution in [0.25, 0.3) is 10.9 Å². The third-order valence-electron chi connectivity index (χ3n) is 5.78. The number of aliphatic hydroxyl groups is 1. The highest BCUT2D eigenvalue weighted by Gasteiger charge is 2.30. The van der Waals surface area contributed by atoms with Gasteiger partial charge in [-0.2, -0.15) is 0 Å². The van der Waals surface area contributed by atoms with Crippen molar-refractivity contribution in [1.29, 1.82) is 0 Å². The van der Waals surface area contributed by atoms with Gasteiger partial charge in [-0.25, -0.2) is 9.97 Å². The van der Waals surface area contributed by atoms with Crippen molar-refractivity contribution in [2.45, 2.75) is 51.3 Å². The number of hydrogen-bond acceptors (Lipinski definition) is 6. The van der Waals surface area contributed by atoms with E-state index in [1.54, 1.807) is 27.2 Å². The van der Waals surface area contributed by atoms with Crippen LogP contribution >= 0.6 is 0 Å². The molecule has 1 aliphatic carbocycles. The van der Waals surface area contributed by atoms with Crippen molar-refractivity contribution in [2.75, 3.05) is 18.6 Å². The van der Waals surface area contributed by atoms with E-state index in [-0.39, 0.29) is 5.56 Å². The van der Waals surface area contributed by atoms with Gasteiger partial charge in [-0.1, -0.05) is 0 Å². The van der Waals surface area contributed by atoms with Crippen LogP contribution in [0, 0.1) is 0 Å². The zero-order valence-electron chi connectivity index (χ0n) is 16.9. The third-order valence-corrected chi connectivity index (χ3v) is 5.78. The van der Waals surface area contributed by atoms with Gasteiger partial charge in [0.25, 0.3) is 5.56 Å². The van der Waals surface area contributed by atoms with E-state index in [0.717, 1.165) is 29.8 Å². The van der Waals surface area contributed by atoms with E-state index >= 15 is 0 Å². The Morgan fingerprint density at radius 1 is 1.28 bits per heavy atom. The third kappa shape index (κ3) is 3.07. The van der Waals surface area contributed by atoms with Crippen LogP contribution in [-0.2, 0) is 18.7 Å². The molecule has 3 heterocycles. The summed E-state index contributed by atoms with van der Waals surface area (Å²) in [5.41, 5.74) is 1.59. The van der Waals surface area contributed by atoms with Crippen LogP contribution in [-0.4, -0.2) is 38.3 Å². The summed E-state index contributed by atoms with van der Waals surface area (Å²) >= 11 is 0. The summed E-state index contributed by atoms with van der Waals surface area (Å²) in [6.07, 6.45) is 3.99. The summed E-state index contributed by atoms with van der Waals surface area (Å²) in [5.74, 6) is 2.36. The Hall–Kier alpha value is -2.87. The fourth-order valence-electron chi connectivity index (χ4n) is 4.20. The zero-order valence-corrected chi connectivity index (χ0v) is 16.9. The fourth-order valence-corrected chi connectivity index (χ4v) is 4.20. The largest absolute Gasteiger partial charge is 0.497 e. The quantitative estimate of drug-likeness (QED) is 0.703. The Balaban J connectivity index is 1.55. The molecule has 0 radical (unpaired) electrons. The molecule has 1 aliphatic heterocycles. The van der Waals surface area contributed by atoms with E-state index in [1.807, 2.05) is 21.6 Å². The molecule has 0 atom stereocenters. The van der Waals surface area contributed by atoms with Gasteiger partial charge in [0.1, 0.15) is 17.2 Å². The van der Waals surface area contributed by atoms with Crippen LogP contribution in [0.4, 0.5) is 5.95 Å². The maximum atomic E-state index is 13.0. The number of rotatable bonds is 4. The molecule has 29 heavy (non-hydrogen) atoms. The minimum absolute atomic E-state index is 0.106. The predicted molar refractivity (Wildman–Crippen MR) is 109 cm³/mol. The Bertz CT molecular complexity index is 1150. The lowest BCUT2D eigenvalue weighted by Gasteiger charge is -2.31. The second-order valence-corrected chi connectivity index (χ2v) is 8.48. The number of nitrogens with zero attached hydrogens (tertiary/aromatic N) is 4. The van der Waals surface area contributed by atoms with Gasteiger partial charge >= 0.3 is 0 Å². The van der Waals surface area contributed by atoms with Crippen LogP contribution in [0.3, 0.4) is 0 Å². The molecule has 0 amide bonds. The summed E-state index contributed by atoms with van der Waals surface area (Å²) in [7, 11) is 1.64. The molecule has 0 unspecified atom stereocenters. The van der Waals surface area contributed by atoms with Crippen LogP contribution in [0.5, 0.6) is 5.75 Å². The van der Waals surface area contributed by atoms with E-state index in [1.165, 1.54) is 0 Å². The van der Waals surface area contributed by atoms with Gasteiger partial charge in [0.05, 0.1) is 36.4 Å². The van der Waals surface area contributed by atoms with Gasteiger partial charge in [0.15, 0.2) is 0 Å². The molecular formula is C21H25N5O3.